The minimum absolute atomic E-state index is 0.330. The van der Waals surface area contributed by atoms with Crippen molar-refractivity contribution in [1.29, 1.82) is 0 Å². The lowest BCUT2D eigenvalue weighted by Gasteiger charge is -2.27. The summed E-state index contributed by atoms with van der Waals surface area (Å²) >= 11 is 0. The number of rotatable bonds is 6. The zero-order valence-corrected chi connectivity index (χ0v) is 14.7. The fraction of sp³-hybridized carbons (Fsp3) is 0.333. The summed E-state index contributed by atoms with van der Waals surface area (Å²) in [6.45, 7) is -0.365. The van der Waals surface area contributed by atoms with Crippen LogP contribution >= 0.6 is 0 Å². The predicted octanol–water partition coefficient (Wildman–Crippen LogP) is 4.07. The van der Waals surface area contributed by atoms with Crippen LogP contribution in [0.3, 0.4) is 0 Å². The van der Waals surface area contributed by atoms with Crippen molar-refractivity contribution < 1.29 is 23.5 Å². The number of esters is 1. The Kier molecular flexibility index (Phi) is 5.35. The Morgan fingerprint density at radius 1 is 1.08 bits per heavy atom. The molecule has 0 aliphatic heterocycles. The molecule has 1 saturated carbocycles. The van der Waals surface area contributed by atoms with Crippen molar-refractivity contribution in [2.75, 3.05) is 13.7 Å². The van der Waals surface area contributed by atoms with Crippen LogP contribution in [0.15, 0.2) is 48.5 Å². The highest BCUT2D eigenvalue weighted by molar-refractivity contribution is 6.00. The molecule has 1 aliphatic rings. The van der Waals surface area contributed by atoms with Crippen LogP contribution in [0.25, 0.3) is 0 Å². The average Bonchev–Trinajstić information content (AvgIpc) is 3.17. The number of para-hydroxylation sites is 1. The SMILES string of the molecule is COc1ccccc1C(=O)COC(=O)C1(c2cccc(F)c2)CCCC1. The number of benzene rings is 2. The van der Waals surface area contributed by atoms with Gasteiger partial charge in [-0.3, -0.25) is 9.59 Å². The number of halogens is 1. The van der Waals surface area contributed by atoms with Gasteiger partial charge in [-0.1, -0.05) is 37.1 Å². The van der Waals surface area contributed by atoms with Crippen molar-refractivity contribution in [3.8, 4) is 5.75 Å². The van der Waals surface area contributed by atoms with Gasteiger partial charge in [-0.25, -0.2) is 4.39 Å². The molecule has 0 unspecified atom stereocenters. The number of methoxy groups -OCH3 is 1. The molecule has 0 N–H and O–H groups in total. The quantitative estimate of drug-likeness (QED) is 0.578. The van der Waals surface area contributed by atoms with Crippen molar-refractivity contribution in [3.05, 3.63) is 65.5 Å². The molecule has 1 fully saturated rings. The molecule has 2 aromatic rings. The largest absolute Gasteiger partial charge is 0.496 e. The first-order chi connectivity index (χ1) is 12.6. The number of hydrogen-bond donors (Lipinski definition) is 0. The van der Waals surface area contributed by atoms with E-state index >= 15 is 0 Å². The van der Waals surface area contributed by atoms with E-state index in [1.54, 1.807) is 36.4 Å². The van der Waals surface area contributed by atoms with Crippen LogP contribution < -0.4 is 4.74 Å². The number of Topliss-reactive ketones (excluding diaryl/α,β-unsaturated/α-hetero) is 1. The number of carbonyl (C=O) groups is 2. The Labute approximate surface area is 151 Å². The summed E-state index contributed by atoms with van der Waals surface area (Å²) in [7, 11) is 1.48. The number of hydrogen-bond acceptors (Lipinski definition) is 4. The zero-order valence-electron chi connectivity index (χ0n) is 14.7. The first-order valence-corrected chi connectivity index (χ1v) is 8.66. The number of carbonyl (C=O) groups excluding carboxylic acids is 2. The van der Waals surface area contributed by atoms with Crippen LogP contribution in [0.2, 0.25) is 0 Å². The fourth-order valence-corrected chi connectivity index (χ4v) is 3.60. The van der Waals surface area contributed by atoms with Crippen molar-refractivity contribution in [1.82, 2.24) is 0 Å². The summed E-state index contributed by atoms with van der Waals surface area (Å²) in [5.41, 5.74) is 0.113. The summed E-state index contributed by atoms with van der Waals surface area (Å²) < 4.78 is 24.2. The fourth-order valence-electron chi connectivity index (χ4n) is 3.60. The van der Waals surface area contributed by atoms with E-state index in [2.05, 4.69) is 0 Å². The normalized spacial score (nSPS) is 15.5. The molecule has 0 atom stereocenters. The van der Waals surface area contributed by atoms with Crippen LogP contribution in [0.5, 0.6) is 5.75 Å². The van der Waals surface area contributed by atoms with Gasteiger partial charge in [-0.05, 0) is 42.7 Å². The van der Waals surface area contributed by atoms with Gasteiger partial charge in [-0.15, -0.1) is 0 Å². The van der Waals surface area contributed by atoms with E-state index < -0.39 is 11.4 Å². The van der Waals surface area contributed by atoms with Gasteiger partial charge in [-0.2, -0.15) is 0 Å². The Morgan fingerprint density at radius 3 is 2.50 bits per heavy atom. The highest BCUT2D eigenvalue weighted by atomic mass is 19.1. The first kappa shape index (κ1) is 18.1. The van der Waals surface area contributed by atoms with E-state index in [1.165, 1.54) is 19.2 Å². The van der Waals surface area contributed by atoms with Gasteiger partial charge in [0.2, 0.25) is 5.78 Å². The lowest BCUT2D eigenvalue weighted by molar-refractivity contribution is -0.149. The van der Waals surface area contributed by atoms with Gasteiger partial charge < -0.3 is 9.47 Å². The Morgan fingerprint density at radius 2 is 1.81 bits per heavy atom. The molecule has 2 aromatic carbocycles. The minimum Gasteiger partial charge on any atom is -0.496 e. The average molecular weight is 356 g/mol. The molecule has 0 saturated heterocycles. The van der Waals surface area contributed by atoms with E-state index in [-0.39, 0.29) is 18.2 Å². The maximum atomic E-state index is 13.7. The summed E-state index contributed by atoms with van der Waals surface area (Å²) in [5, 5.41) is 0. The van der Waals surface area contributed by atoms with Crippen LogP contribution in [0.1, 0.15) is 41.6 Å². The second-order valence-corrected chi connectivity index (χ2v) is 6.50. The number of ether oxygens (including phenoxy) is 2. The molecular weight excluding hydrogens is 335 g/mol. The molecule has 0 heterocycles. The van der Waals surface area contributed by atoms with E-state index in [4.69, 9.17) is 9.47 Å². The topological polar surface area (TPSA) is 52.6 Å². The Hall–Kier alpha value is -2.69. The van der Waals surface area contributed by atoms with Crippen LogP contribution in [0.4, 0.5) is 4.39 Å². The molecule has 136 valence electrons. The van der Waals surface area contributed by atoms with Crippen molar-refractivity contribution in [3.63, 3.8) is 0 Å². The minimum atomic E-state index is -0.872. The smallest absolute Gasteiger partial charge is 0.317 e. The molecule has 3 rings (SSSR count). The Bertz CT molecular complexity index is 809. The Balaban J connectivity index is 1.76. The van der Waals surface area contributed by atoms with Crippen LogP contribution in [0, 0.1) is 5.82 Å². The molecule has 0 radical (unpaired) electrons. The molecule has 0 bridgehead atoms. The second kappa shape index (κ2) is 7.68. The van der Waals surface area contributed by atoms with Gasteiger partial charge >= 0.3 is 5.97 Å². The van der Waals surface area contributed by atoms with E-state index in [1.807, 2.05) is 0 Å². The molecule has 0 spiro atoms. The van der Waals surface area contributed by atoms with Gasteiger partial charge in [0, 0.05) is 0 Å². The first-order valence-electron chi connectivity index (χ1n) is 8.66. The summed E-state index contributed by atoms with van der Waals surface area (Å²) in [4.78, 5) is 25.3. The third-order valence-electron chi connectivity index (χ3n) is 4.97. The standard InChI is InChI=1S/C21H21FO4/c1-25-19-10-3-2-9-17(19)18(23)14-26-20(24)21(11-4-5-12-21)15-7-6-8-16(22)13-15/h2-3,6-10,13H,4-5,11-12,14H2,1H3. The molecule has 26 heavy (non-hydrogen) atoms. The van der Waals surface area contributed by atoms with Crippen LogP contribution in [-0.2, 0) is 14.9 Å². The number of ketones is 1. The van der Waals surface area contributed by atoms with E-state index in [0.29, 0.717) is 29.7 Å². The van der Waals surface area contributed by atoms with E-state index in [0.717, 1.165) is 12.8 Å². The van der Waals surface area contributed by atoms with E-state index in [9.17, 15) is 14.0 Å². The summed E-state index contributed by atoms with van der Waals surface area (Å²) in [5.74, 6) is -0.743. The van der Waals surface area contributed by atoms with Gasteiger partial charge in [0.1, 0.15) is 11.6 Å². The molecular formula is C21H21FO4. The predicted molar refractivity (Wildman–Crippen MR) is 94.8 cm³/mol. The molecule has 0 aromatic heterocycles. The molecule has 1 aliphatic carbocycles. The maximum absolute atomic E-state index is 13.7. The second-order valence-electron chi connectivity index (χ2n) is 6.50. The highest BCUT2D eigenvalue weighted by Gasteiger charge is 2.44. The molecule has 4 nitrogen and oxygen atoms in total. The third kappa shape index (κ3) is 3.47. The lowest BCUT2D eigenvalue weighted by Crippen LogP contribution is -2.36. The highest BCUT2D eigenvalue weighted by Crippen LogP contribution is 2.42. The summed E-state index contributed by atoms with van der Waals surface area (Å²) in [6.07, 6.45) is 2.93. The van der Waals surface area contributed by atoms with Crippen molar-refractivity contribution >= 4 is 11.8 Å². The van der Waals surface area contributed by atoms with Crippen molar-refractivity contribution in [2.45, 2.75) is 31.1 Å². The zero-order chi connectivity index (χ0) is 18.6. The molecule has 0 amide bonds. The van der Waals surface area contributed by atoms with Crippen LogP contribution in [-0.4, -0.2) is 25.5 Å². The van der Waals surface area contributed by atoms with Gasteiger partial charge in [0.25, 0.3) is 0 Å². The van der Waals surface area contributed by atoms with Crippen molar-refractivity contribution in [2.24, 2.45) is 0 Å². The monoisotopic (exact) mass is 356 g/mol. The van der Waals surface area contributed by atoms with Gasteiger partial charge in [0.15, 0.2) is 6.61 Å². The van der Waals surface area contributed by atoms with Gasteiger partial charge in [0.05, 0.1) is 18.1 Å². The lowest BCUT2D eigenvalue weighted by atomic mass is 9.79. The third-order valence-corrected chi connectivity index (χ3v) is 4.97. The molecule has 5 heteroatoms. The summed E-state index contributed by atoms with van der Waals surface area (Å²) in [6, 6.07) is 12.9. The maximum Gasteiger partial charge on any atom is 0.317 e.